The van der Waals surface area contributed by atoms with E-state index in [1.807, 2.05) is 0 Å². The summed E-state index contributed by atoms with van der Waals surface area (Å²) in [5, 5.41) is 0. The van der Waals surface area contributed by atoms with Gasteiger partial charge in [-0.25, -0.2) is 0 Å². The first-order valence-corrected chi connectivity index (χ1v) is 19.0. The number of halogens is 6. The van der Waals surface area contributed by atoms with Crippen LogP contribution < -0.4 is 0 Å². The van der Waals surface area contributed by atoms with Crippen LogP contribution in [0.5, 0.6) is 0 Å². The second kappa shape index (κ2) is 18.6. The van der Waals surface area contributed by atoms with E-state index in [0.717, 1.165) is 88.5 Å². The van der Waals surface area contributed by atoms with E-state index >= 15 is 0 Å². The number of aryl methyl sites for hydroxylation is 2. The molecule has 0 bridgehead atoms. The highest BCUT2D eigenvalue weighted by molar-refractivity contribution is 5.39. The Balaban J connectivity index is 0.000000204. The SMILES string of the molecule is CCCc1ccc([C@H]2CC[C@H](C#Cc3ccc(C(F)(F)F)cc3)CC2)cc1.CCc1ccc([C@H]2CC[C@H](C#Cc3ccc(C(F)(F)F)cc3)CC2)cc1. The van der Waals surface area contributed by atoms with E-state index in [2.05, 4.69) is 86.1 Å². The maximum atomic E-state index is 12.6. The minimum atomic E-state index is -4.29. The van der Waals surface area contributed by atoms with Gasteiger partial charge in [-0.2, -0.15) is 26.3 Å². The van der Waals surface area contributed by atoms with Gasteiger partial charge in [0.2, 0.25) is 0 Å². The lowest BCUT2D eigenvalue weighted by atomic mass is 9.78. The molecule has 0 aliphatic heterocycles. The molecule has 2 aliphatic carbocycles. The first-order chi connectivity index (χ1) is 25.4. The van der Waals surface area contributed by atoms with Gasteiger partial charge in [-0.15, -0.1) is 0 Å². The summed E-state index contributed by atoms with van der Waals surface area (Å²) in [6.07, 6.45) is 3.47. The fraction of sp³-hybridized carbons (Fsp3) is 0.404. The van der Waals surface area contributed by atoms with Gasteiger partial charge in [0.1, 0.15) is 0 Å². The van der Waals surface area contributed by atoms with Crippen LogP contribution in [0.4, 0.5) is 26.3 Å². The Morgan fingerprint density at radius 2 is 0.830 bits per heavy atom. The summed E-state index contributed by atoms with van der Waals surface area (Å²) in [6, 6.07) is 28.2. The normalized spacial score (nSPS) is 20.2. The minimum Gasteiger partial charge on any atom is -0.166 e. The molecule has 0 saturated heterocycles. The topological polar surface area (TPSA) is 0 Å². The van der Waals surface area contributed by atoms with E-state index in [1.165, 1.54) is 52.9 Å². The first kappa shape index (κ1) is 39.8. The lowest BCUT2D eigenvalue weighted by molar-refractivity contribution is -0.138. The number of benzene rings is 4. The average Bonchev–Trinajstić information content (AvgIpc) is 3.17. The highest BCUT2D eigenvalue weighted by Gasteiger charge is 2.31. The van der Waals surface area contributed by atoms with Crippen molar-refractivity contribution >= 4 is 0 Å². The Labute approximate surface area is 311 Å². The van der Waals surface area contributed by atoms with Crippen molar-refractivity contribution in [1.29, 1.82) is 0 Å². The van der Waals surface area contributed by atoms with Crippen molar-refractivity contribution < 1.29 is 26.3 Å². The van der Waals surface area contributed by atoms with E-state index in [0.29, 0.717) is 34.8 Å². The standard InChI is InChI=1S/C24H25F3.C23H23F3/c1-2-3-18-6-12-21(13-7-18)22-14-8-19(9-15-22)4-5-20-10-16-23(17-11-20)24(25,26)27;1-2-17-5-11-20(12-6-17)21-13-7-18(8-14-21)3-4-19-9-15-22(16-10-19)23(24,25)26/h6-7,10-13,16-17,19,22H,2-3,8-9,14-15H2,1H3;5-6,9-12,15-16,18,21H,2,7-8,13-14H2,1H3/t19-,22-;18-,21-. The van der Waals surface area contributed by atoms with E-state index in [4.69, 9.17) is 0 Å². The Bertz CT molecular complexity index is 1830. The van der Waals surface area contributed by atoms with E-state index in [-0.39, 0.29) is 0 Å². The zero-order valence-electron chi connectivity index (χ0n) is 30.6. The number of rotatable bonds is 5. The van der Waals surface area contributed by atoms with Crippen molar-refractivity contribution in [3.05, 3.63) is 142 Å². The van der Waals surface area contributed by atoms with Gasteiger partial charge in [-0.05, 0) is 147 Å². The highest BCUT2D eigenvalue weighted by Crippen LogP contribution is 2.37. The summed E-state index contributed by atoms with van der Waals surface area (Å²) in [5.74, 6) is 14.5. The van der Waals surface area contributed by atoms with E-state index in [1.54, 1.807) is 0 Å². The largest absolute Gasteiger partial charge is 0.416 e. The molecular weight excluding hydrogens is 679 g/mol. The molecule has 53 heavy (non-hydrogen) atoms. The summed E-state index contributed by atoms with van der Waals surface area (Å²) in [6.45, 7) is 4.36. The molecule has 4 aromatic carbocycles. The van der Waals surface area contributed by atoms with Crippen molar-refractivity contribution in [3.63, 3.8) is 0 Å². The van der Waals surface area contributed by atoms with Gasteiger partial charge in [0, 0.05) is 23.0 Å². The zero-order valence-corrected chi connectivity index (χ0v) is 30.6. The Hall–Kier alpha value is -4.42. The lowest BCUT2D eigenvalue weighted by Gasteiger charge is -2.26. The molecule has 0 N–H and O–H groups in total. The molecule has 2 saturated carbocycles. The van der Waals surface area contributed by atoms with Crippen molar-refractivity contribution in [2.45, 2.75) is 109 Å². The van der Waals surface area contributed by atoms with E-state index < -0.39 is 23.5 Å². The lowest BCUT2D eigenvalue weighted by Crippen LogP contribution is -2.12. The smallest absolute Gasteiger partial charge is 0.166 e. The predicted molar refractivity (Wildman–Crippen MR) is 202 cm³/mol. The summed E-state index contributed by atoms with van der Waals surface area (Å²) in [4.78, 5) is 0. The molecule has 0 amide bonds. The van der Waals surface area contributed by atoms with Crippen LogP contribution in [0.15, 0.2) is 97.1 Å². The fourth-order valence-electron chi connectivity index (χ4n) is 7.27. The molecule has 0 atom stereocenters. The Morgan fingerprint density at radius 1 is 0.472 bits per heavy atom. The van der Waals surface area contributed by atoms with Gasteiger partial charge < -0.3 is 0 Å². The van der Waals surface area contributed by atoms with Crippen LogP contribution >= 0.6 is 0 Å². The summed E-state index contributed by atoms with van der Waals surface area (Å²) < 4.78 is 75.5. The fourth-order valence-corrected chi connectivity index (χ4v) is 7.27. The molecule has 2 fully saturated rings. The average molecular weight is 727 g/mol. The van der Waals surface area contributed by atoms with Crippen LogP contribution in [0.3, 0.4) is 0 Å². The van der Waals surface area contributed by atoms with Gasteiger partial charge in [-0.3, -0.25) is 0 Å². The third-order valence-electron chi connectivity index (χ3n) is 10.6. The predicted octanol–water partition coefficient (Wildman–Crippen LogP) is 13.6. The minimum absolute atomic E-state index is 0.336. The zero-order chi connectivity index (χ0) is 37.8. The van der Waals surface area contributed by atoms with Gasteiger partial charge in [0.15, 0.2) is 0 Å². The maximum absolute atomic E-state index is 12.6. The molecule has 6 rings (SSSR count). The van der Waals surface area contributed by atoms with Gasteiger partial charge in [-0.1, -0.05) is 92.5 Å². The third-order valence-corrected chi connectivity index (χ3v) is 10.6. The molecule has 0 aromatic heterocycles. The second-order valence-corrected chi connectivity index (χ2v) is 14.4. The molecule has 6 heteroatoms. The molecule has 0 unspecified atom stereocenters. The molecule has 2 aliphatic rings. The van der Waals surface area contributed by atoms with Crippen LogP contribution in [0.2, 0.25) is 0 Å². The number of hydrogen-bond acceptors (Lipinski definition) is 0. The van der Waals surface area contributed by atoms with Crippen LogP contribution in [0.25, 0.3) is 0 Å². The van der Waals surface area contributed by atoms with Crippen LogP contribution in [0, 0.1) is 35.5 Å². The maximum Gasteiger partial charge on any atom is 0.416 e. The molecular formula is C47H48F6. The molecule has 4 aromatic rings. The Kier molecular flexibility index (Phi) is 13.9. The van der Waals surface area contributed by atoms with Crippen molar-refractivity contribution in [1.82, 2.24) is 0 Å². The Morgan fingerprint density at radius 3 is 1.15 bits per heavy atom. The number of alkyl halides is 6. The van der Waals surface area contributed by atoms with Crippen LogP contribution in [-0.4, -0.2) is 0 Å². The monoisotopic (exact) mass is 726 g/mol. The van der Waals surface area contributed by atoms with Gasteiger partial charge in [0.05, 0.1) is 11.1 Å². The molecule has 0 heterocycles. The summed E-state index contributed by atoms with van der Waals surface area (Å²) in [7, 11) is 0. The van der Waals surface area contributed by atoms with E-state index in [9.17, 15) is 26.3 Å². The van der Waals surface area contributed by atoms with Gasteiger partial charge >= 0.3 is 12.4 Å². The summed E-state index contributed by atoms with van der Waals surface area (Å²) >= 11 is 0. The van der Waals surface area contributed by atoms with Crippen molar-refractivity contribution in [2.24, 2.45) is 11.8 Å². The first-order valence-electron chi connectivity index (χ1n) is 19.0. The van der Waals surface area contributed by atoms with Crippen molar-refractivity contribution in [2.75, 3.05) is 0 Å². The molecule has 278 valence electrons. The molecule has 0 radical (unpaired) electrons. The number of hydrogen-bond donors (Lipinski definition) is 0. The molecule has 0 spiro atoms. The van der Waals surface area contributed by atoms with Crippen LogP contribution in [0.1, 0.15) is 128 Å². The third kappa shape index (κ3) is 12.0. The van der Waals surface area contributed by atoms with Crippen molar-refractivity contribution in [3.8, 4) is 23.7 Å². The summed E-state index contributed by atoms with van der Waals surface area (Å²) in [5.41, 5.74) is 5.64. The quantitative estimate of drug-likeness (QED) is 0.142. The van der Waals surface area contributed by atoms with Crippen LogP contribution in [-0.2, 0) is 25.2 Å². The molecule has 0 nitrogen and oxygen atoms in total. The highest BCUT2D eigenvalue weighted by atomic mass is 19.4. The van der Waals surface area contributed by atoms with Gasteiger partial charge in [0.25, 0.3) is 0 Å². The second-order valence-electron chi connectivity index (χ2n) is 14.4.